The molecule has 1 atom stereocenters. The third-order valence-electron chi connectivity index (χ3n) is 2.19. The molecule has 0 saturated heterocycles. The van der Waals surface area contributed by atoms with Gasteiger partial charge < -0.3 is 10.6 Å². The molecule has 0 radical (unpaired) electrons. The summed E-state index contributed by atoms with van der Waals surface area (Å²) in [7, 11) is 1.92. The van der Waals surface area contributed by atoms with Crippen molar-refractivity contribution in [1.82, 2.24) is 5.32 Å². The van der Waals surface area contributed by atoms with Crippen molar-refractivity contribution in [2.24, 2.45) is 0 Å². The van der Waals surface area contributed by atoms with E-state index in [1.165, 1.54) is 6.07 Å². The Labute approximate surface area is 87.3 Å². The molecule has 0 amide bonds. The summed E-state index contributed by atoms with van der Waals surface area (Å²) >= 11 is 1.78. The molecule has 1 aromatic rings. The Morgan fingerprint density at radius 3 is 3.29 bits per heavy atom. The molecule has 2 N–H and O–H groups in total. The molecule has 1 unspecified atom stereocenters. The maximum Gasteiger partial charge on any atom is 0.125 e. The van der Waals surface area contributed by atoms with Gasteiger partial charge in [0.25, 0.3) is 0 Å². The minimum absolute atomic E-state index is 0.179. The SMILES string of the molecule is CNCC1CSc2ccc(F)cc2N1. The number of thioether (sulfide) groups is 1. The van der Waals surface area contributed by atoms with Crippen molar-refractivity contribution in [3.8, 4) is 0 Å². The van der Waals surface area contributed by atoms with Gasteiger partial charge in [-0.3, -0.25) is 0 Å². The van der Waals surface area contributed by atoms with Crippen molar-refractivity contribution < 1.29 is 4.39 Å². The Kier molecular flexibility index (Phi) is 2.93. The number of halogens is 1. The topological polar surface area (TPSA) is 24.1 Å². The molecule has 76 valence electrons. The monoisotopic (exact) mass is 212 g/mol. The highest BCUT2D eigenvalue weighted by molar-refractivity contribution is 7.99. The number of likely N-dealkylation sites (N-methyl/N-ethyl adjacent to an activating group) is 1. The van der Waals surface area contributed by atoms with Gasteiger partial charge in [0.05, 0.1) is 5.69 Å². The second-order valence-corrected chi connectivity index (χ2v) is 4.41. The summed E-state index contributed by atoms with van der Waals surface area (Å²) in [6, 6.07) is 5.29. The zero-order valence-corrected chi connectivity index (χ0v) is 8.83. The van der Waals surface area contributed by atoms with E-state index in [0.717, 1.165) is 22.9 Å². The third kappa shape index (κ3) is 2.01. The molecule has 14 heavy (non-hydrogen) atoms. The van der Waals surface area contributed by atoms with Gasteiger partial charge in [0.2, 0.25) is 0 Å². The molecule has 1 aliphatic rings. The van der Waals surface area contributed by atoms with Crippen LogP contribution in [0.1, 0.15) is 0 Å². The molecule has 2 nitrogen and oxygen atoms in total. The smallest absolute Gasteiger partial charge is 0.125 e. The first-order valence-corrected chi connectivity index (χ1v) is 5.61. The molecule has 4 heteroatoms. The molecule has 0 fully saturated rings. The number of rotatable bonds is 2. The van der Waals surface area contributed by atoms with E-state index < -0.39 is 0 Å². The van der Waals surface area contributed by atoms with E-state index >= 15 is 0 Å². The van der Waals surface area contributed by atoms with E-state index in [9.17, 15) is 4.39 Å². The summed E-state index contributed by atoms with van der Waals surface area (Å²) in [6.45, 7) is 0.906. The van der Waals surface area contributed by atoms with Gasteiger partial charge in [0, 0.05) is 23.2 Å². The maximum atomic E-state index is 12.9. The predicted molar refractivity (Wildman–Crippen MR) is 58.5 cm³/mol. The summed E-state index contributed by atoms with van der Waals surface area (Å²) in [5.41, 5.74) is 0.918. The van der Waals surface area contributed by atoms with Crippen LogP contribution in [0.4, 0.5) is 10.1 Å². The highest BCUT2D eigenvalue weighted by Crippen LogP contribution is 2.33. The van der Waals surface area contributed by atoms with Gasteiger partial charge in [-0.05, 0) is 25.2 Å². The Balaban J connectivity index is 2.16. The van der Waals surface area contributed by atoms with E-state index in [1.807, 2.05) is 13.1 Å². The molecular weight excluding hydrogens is 199 g/mol. The second kappa shape index (κ2) is 4.19. The fourth-order valence-corrected chi connectivity index (χ4v) is 2.57. The van der Waals surface area contributed by atoms with Crippen LogP contribution in [0.25, 0.3) is 0 Å². The van der Waals surface area contributed by atoms with Crippen LogP contribution in [0.3, 0.4) is 0 Å². The fraction of sp³-hybridized carbons (Fsp3) is 0.400. The first kappa shape index (κ1) is 9.80. The predicted octanol–water partition coefficient (Wildman–Crippen LogP) is 1.93. The van der Waals surface area contributed by atoms with Gasteiger partial charge in [-0.2, -0.15) is 0 Å². The number of anilines is 1. The Morgan fingerprint density at radius 2 is 2.50 bits per heavy atom. The van der Waals surface area contributed by atoms with Gasteiger partial charge in [-0.1, -0.05) is 0 Å². The van der Waals surface area contributed by atoms with Crippen molar-refractivity contribution in [2.75, 3.05) is 24.7 Å². The minimum Gasteiger partial charge on any atom is -0.379 e. The first-order chi connectivity index (χ1) is 6.79. The van der Waals surface area contributed by atoms with Crippen LogP contribution in [-0.2, 0) is 0 Å². The fourth-order valence-electron chi connectivity index (χ4n) is 1.55. The lowest BCUT2D eigenvalue weighted by molar-refractivity contribution is 0.625. The van der Waals surface area contributed by atoms with E-state index in [-0.39, 0.29) is 5.82 Å². The second-order valence-electron chi connectivity index (χ2n) is 3.35. The standard InChI is InChI=1S/C10H13FN2S/c1-12-5-8-6-14-10-3-2-7(11)4-9(10)13-8/h2-4,8,12-13H,5-6H2,1H3. The average molecular weight is 212 g/mol. The number of nitrogens with one attached hydrogen (secondary N) is 2. The summed E-state index contributed by atoms with van der Waals surface area (Å²) in [5.74, 6) is 0.849. The van der Waals surface area contributed by atoms with E-state index in [4.69, 9.17) is 0 Å². The Hall–Kier alpha value is -0.740. The molecular formula is C10H13FN2S. The van der Waals surface area contributed by atoms with Gasteiger partial charge in [-0.25, -0.2) is 4.39 Å². The summed E-state index contributed by atoms with van der Waals surface area (Å²) in [6.07, 6.45) is 0. The van der Waals surface area contributed by atoms with Crippen LogP contribution in [0, 0.1) is 5.82 Å². The molecule has 0 aromatic heterocycles. The summed E-state index contributed by atoms with van der Waals surface area (Å²) < 4.78 is 12.9. The van der Waals surface area contributed by atoms with Crippen molar-refractivity contribution in [3.63, 3.8) is 0 Å². The van der Waals surface area contributed by atoms with Crippen LogP contribution < -0.4 is 10.6 Å². The Morgan fingerprint density at radius 1 is 1.64 bits per heavy atom. The maximum absolute atomic E-state index is 12.9. The number of benzene rings is 1. The lowest BCUT2D eigenvalue weighted by Gasteiger charge is -2.26. The highest BCUT2D eigenvalue weighted by Gasteiger charge is 2.17. The van der Waals surface area contributed by atoms with Crippen LogP contribution in [0.15, 0.2) is 23.1 Å². The average Bonchev–Trinajstić information content (AvgIpc) is 2.17. The molecule has 0 aliphatic carbocycles. The third-order valence-corrected chi connectivity index (χ3v) is 3.43. The lowest BCUT2D eigenvalue weighted by Crippen LogP contribution is -2.35. The number of hydrogen-bond donors (Lipinski definition) is 2. The van der Waals surface area contributed by atoms with E-state index in [2.05, 4.69) is 10.6 Å². The molecule has 0 saturated carbocycles. The van der Waals surface area contributed by atoms with E-state index in [0.29, 0.717) is 6.04 Å². The van der Waals surface area contributed by atoms with Gasteiger partial charge in [0.15, 0.2) is 0 Å². The molecule has 0 bridgehead atoms. The largest absolute Gasteiger partial charge is 0.379 e. The van der Waals surface area contributed by atoms with E-state index in [1.54, 1.807) is 17.8 Å². The first-order valence-electron chi connectivity index (χ1n) is 4.63. The molecule has 1 aliphatic heterocycles. The van der Waals surface area contributed by atoms with Crippen LogP contribution >= 0.6 is 11.8 Å². The van der Waals surface area contributed by atoms with Crippen LogP contribution in [0.5, 0.6) is 0 Å². The summed E-state index contributed by atoms with van der Waals surface area (Å²) in [5, 5.41) is 6.43. The lowest BCUT2D eigenvalue weighted by atomic mass is 10.2. The normalized spacial score (nSPS) is 20.0. The van der Waals surface area contributed by atoms with Crippen molar-refractivity contribution in [1.29, 1.82) is 0 Å². The van der Waals surface area contributed by atoms with Crippen molar-refractivity contribution in [3.05, 3.63) is 24.0 Å². The van der Waals surface area contributed by atoms with Crippen LogP contribution in [-0.4, -0.2) is 25.4 Å². The zero-order valence-electron chi connectivity index (χ0n) is 8.01. The summed E-state index contributed by atoms with van der Waals surface area (Å²) in [4.78, 5) is 1.14. The van der Waals surface area contributed by atoms with Gasteiger partial charge in [-0.15, -0.1) is 11.8 Å². The number of hydrogen-bond acceptors (Lipinski definition) is 3. The molecule has 2 rings (SSSR count). The van der Waals surface area contributed by atoms with Crippen LogP contribution in [0.2, 0.25) is 0 Å². The Bertz CT molecular complexity index is 330. The molecule has 0 spiro atoms. The van der Waals surface area contributed by atoms with Gasteiger partial charge in [0.1, 0.15) is 5.82 Å². The highest BCUT2D eigenvalue weighted by atomic mass is 32.2. The minimum atomic E-state index is -0.179. The van der Waals surface area contributed by atoms with Crippen molar-refractivity contribution in [2.45, 2.75) is 10.9 Å². The molecule has 1 aromatic carbocycles. The molecule has 1 heterocycles. The number of fused-ring (bicyclic) bond motifs is 1. The van der Waals surface area contributed by atoms with Gasteiger partial charge >= 0.3 is 0 Å². The van der Waals surface area contributed by atoms with Crippen molar-refractivity contribution >= 4 is 17.4 Å². The zero-order chi connectivity index (χ0) is 9.97. The quantitative estimate of drug-likeness (QED) is 0.783.